The minimum absolute atomic E-state index is 0.140. The highest BCUT2D eigenvalue weighted by molar-refractivity contribution is 5.95. The average molecular weight is 502 g/mol. The molecule has 2 aliphatic rings. The van der Waals surface area contributed by atoms with Crippen LogP contribution in [-0.4, -0.2) is 67.1 Å². The molecule has 0 aliphatic carbocycles. The molecule has 2 aromatic carbocycles. The van der Waals surface area contributed by atoms with E-state index in [0.29, 0.717) is 32.2 Å². The molecule has 0 atom stereocenters. The van der Waals surface area contributed by atoms with E-state index in [9.17, 15) is 13.6 Å². The number of carbonyl (C=O) groups is 2. The molecule has 2 fully saturated rings. The molecule has 0 bridgehead atoms. The molecule has 4 rings (SSSR count). The third kappa shape index (κ3) is 8.01. The van der Waals surface area contributed by atoms with Crippen LogP contribution in [0.4, 0.5) is 8.78 Å². The summed E-state index contributed by atoms with van der Waals surface area (Å²) in [7, 11) is 0. The minimum Gasteiger partial charge on any atom is -0.493 e. The number of rotatable bonds is 7. The van der Waals surface area contributed by atoms with Crippen LogP contribution < -0.4 is 10.5 Å². The number of piperidine rings is 1. The molecular weight excluding hydrogens is 464 g/mol. The Bertz CT molecular complexity index is 994. The predicted molar refractivity (Wildman–Crippen MR) is 137 cm³/mol. The molecule has 8 heteroatoms. The second-order valence-electron chi connectivity index (χ2n) is 10.1. The first kappa shape index (κ1) is 27.6. The zero-order valence-corrected chi connectivity index (χ0v) is 21.2. The quantitative estimate of drug-likeness (QED) is 0.560. The number of halogens is 2. The van der Waals surface area contributed by atoms with Crippen molar-refractivity contribution in [1.82, 2.24) is 9.80 Å². The zero-order valence-electron chi connectivity index (χ0n) is 21.2. The number of ether oxygens (including phenoxy) is 1. The number of hydrogen-bond acceptors (Lipinski definition) is 4. The van der Waals surface area contributed by atoms with Gasteiger partial charge in [0.1, 0.15) is 17.2 Å². The Kier molecular flexibility index (Phi) is 9.81. The molecule has 0 radical (unpaired) electrons. The number of nitrogens with two attached hydrogens (primary N) is 1. The van der Waals surface area contributed by atoms with Gasteiger partial charge in [-0.2, -0.15) is 0 Å². The summed E-state index contributed by atoms with van der Waals surface area (Å²) in [6, 6.07) is 12.5. The molecule has 2 aliphatic heterocycles. The topological polar surface area (TPSA) is 75.9 Å². The van der Waals surface area contributed by atoms with E-state index in [1.165, 1.54) is 6.07 Å². The van der Waals surface area contributed by atoms with Gasteiger partial charge in [0.05, 0.1) is 12.2 Å². The smallest absolute Gasteiger partial charge is 0.256 e. The maximum atomic E-state index is 14.7. The van der Waals surface area contributed by atoms with E-state index >= 15 is 0 Å². The van der Waals surface area contributed by atoms with Gasteiger partial charge in [0.15, 0.2) is 0 Å². The van der Waals surface area contributed by atoms with Gasteiger partial charge in [0.25, 0.3) is 5.91 Å². The number of hydrogen-bond donors (Lipinski definition) is 1. The van der Waals surface area contributed by atoms with Crippen molar-refractivity contribution in [3.63, 3.8) is 0 Å². The minimum atomic E-state index is -1.16. The van der Waals surface area contributed by atoms with Crippen LogP contribution >= 0.6 is 0 Å². The van der Waals surface area contributed by atoms with Crippen molar-refractivity contribution >= 4 is 12.3 Å². The van der Waals surface area contributed by atoms with E-state index in [0.717, 1.165) is 55.6 Å². The van der Waals surface area contributed by atoms with Crippen molar-refractivity contribution in [3.05, 3.63) is 53.8 Å². The molecule has 2 saturated heterocycles. The second-order valence-corrected chi connectivity index (χ2v) is 10.1. The summed E-state index contributed by atoms with van der Waals surface area (Å²) in [5.74, 6) is 0.553. The molecule has 0 saturated carbocycles. The van der Waals surface area contributed by atoms with Gasteiger partial charge >= 0.3 is 0 Å². The van der Waals surface area contributed by atoms with Crippen LogP contribution in [0.15, 0.2) is 42.5 Å². The molecule has 0 spiro atoms. The Hall–Kier alpha value is -3.00. The van der Waals surface area contributed by atoms with Crippen LogP contribution in [0.25, 0.3) is 11.1 Å². The number of carbonyl (C=O) groups excluding carboxylic acids is 2. The molecule has 196 valence electrons. The van der Waals surface area contributed by atoms with Gasteiger partial charge in [-0.15, -0.1) is 0 Å². The van der Waals surface area contributed by atoms with Crippen LogP contribution in [-0.2, 0) is 4.79 Å². The van der Waals surface area contributed by atoms with E-state index in [4.69, 9.17) is 9.53 Å². The number of likely N-dealkylation sites (tertiary alicyclic amines) is 2. The summed E-state index contributed by atoms with van der Waals surface area (Å²) in [6.07, 6.45) is 4.24. The summed E-state index contributed by atoms with van der Waals surface area (Å²) in [5.41, 5.74) is 4.77. The SMILES string of the molecule is CC(C)(F)CN1CCC(COc2ccc(-c3ccc(C(=O)N4CCCC4)c(F)c3)cc2)CC1.NC=O. The summed E-state index contributed by atoms with van der Waals surface area (Å²) in [5, 5.41) is 0. The monoisotopic (exact) mass is 501 g/mol. The van der Waals surface area contributed by atoms with Gasteiger partial charge in [-0.1, -0.05) is 18.2 Å². The fourth-order valence-electron chi connectivity index (χ4n) is 4.76. The Morgan fingerprint density at radius 1 is 1.06 bits per heavy atom. The van der Waals surface area contributed by atoms with Crippen molar-refractivity contribution in [2.45, 2.75) is 45.2 Å². The largest absolute Gasteiger partial charge is 0.493 e. The van der Waals surface area contributed by atoms with Gasteiger partial charge in [-0.05, 0) is 93.9 Å². The third-order valence-corrected chi connectivity index (χ3v) is 6.57. The highest BCUT2D eigenvalue weighted by Crippen LogP contribution is 2.27. The van der Waals surface area contributed by atoms with E-state index in [1.807, 2.05) is 24.3 Å². The fraction of sp³-hybridized carbons (Fsp3) is 0.500. The molecule has 2 N–H and O–H groups in total. The fourth-order valence-corrected chi connectivity index (χ4v) is 4.76. The van der Waals surface area contributed by atoms with Gasteiger partial charge in [-0.25, -0.2) is 8.78 Å². The maximum absolute atomic E-state index is 14.7. The number of primary amides is 1. The summed E-state index contributed by atoms with van der Waals surface area (Å²) in [6.45, 7) is 7.60. The number of alkyl halides is 1. The van der Waals surface area contributed by atoms with E-state index in [1.54, 1.807) is 30.9 Å². The van der Waals surface area contributed by atoms with Crippen molar-refractivity contribution < 1.29 is 23.1 Å². The van der Waals surface area contributed by atoms with Gasteiger partial charge < -0.3 is 20.3 Å². The van der Waals surface area contributed by atoms with Crippen LogP contribution in [0.1, 0.15) is 49.9 Å². The third-order valence-electron chi connectivity index (χ3n) is 6.57. The lowest BCUT2D eigenvalue weighted by atomic mass is 9.97. The Balaban J connectivity index is 0.00000115. The Labute approximate surface area is 212 Å². The molecule has 2 heterocycles. The van der Waals surface area contributed by atoms with Crippen LogP contribution in [0.5, 0.6) is 5.75 Å². The van der Waals surface area contributed by atoms with E-state index in [-0.39, 0.29) is 17.9 Å². The van der Waals surface area contributed by atoms with E-state index in [2.05, 4.69) is 10.6 Å². The molecule has 0 unspecified atom stereocenters. The van der Waals surface area contributed by atoms with E-state index < -0.39 is 11.5 Å². The van der Waals surface area contributed by atoms with Gasteiger partial charge in [0, 0.05) is 19.6 Å². The number of benzene rings is 2. The molecular formula is C28H37F2N3O3. The Morgan fingerprint density at radius 2 is 1.64 bits per heavy atom. The highest BCUT2D eigenvalue weighted by Gasteiger charge is 2.25. The molecule has 2 amide bonds. The first-order chi connectivity index (χ1) is 17.2. The van der Waals surface area contributed by atoms with Crippen molar-refractivity contribution in [1.29, 1.82) is 0 Å². The number of nitrogens with zero attached hydrogens (tertiary/aromatic N) is 2. The lowest BCUT2D eigenvalue weighted by Gasteiger charge is -2.34. The molecule has 36 heavy (non-hydrogen) atoms. The highest BCUT2D eigenvalue weighted by atomic mass is 19.1. The summed E-state index contributed by atoms with van der Waals surface area (Å²) in [4.78, 5) is 25.0. The van der Waals surface area contributed by atoms with Gasteiger partial charge in [0.2, 0.25) is 6.41 Å². The van der Waals surface area contributed by atoms with Crippen LogP contribution in [0.2, 0.25) is 0 Å². The zero-order chi connectivity index (χ0) is 26.1. The summed E-state index contributed by atoms with van der Waals surface area (Å²) < 4.78 is 34.5. The lowest BCUT2D eigenvalue weighted by molar-refractivity contribution is -0.106. The Morgan fingerprint density at radius 3 is 2.19 bits per heavy atom. The first-order valence-corrected chi connectivity index (χ1v) is 12.6. The van der Waals surface area contributed by atoms with Gasteiger partial charge in [-0.3, -0.25) is 9.59 Å². The number of amides is 2. The molecule has 6 nitrogen and oxygen atoms in total. The predicted octanol–water partition coefficient (Wildman–Crippen LogP) is 4.67. The van der Waals surface area contributed by atoms with Crippen LogP contribution in [0.3, 0.4) is 0 Å². The van der Waals surface area contributed by atoms with Crippen LogP contribution in [0, 0.1) is 11.7 Å². The molecule has 2 aromatic rings. The normalized spacial score (nSPS) is 16.8. The maximum Gasteiger partial charge on any atom is 0.256 e. The van der Waals surface area contributed by atoms with Crippen molar-refractivity contribution in [2.24, 2.45) is 11.7 Å². The van der Waals surface area contributed by atoms with Crippen molar-refractivity contribution in [2.75, 3.05) is 39.3 Å². The summed E-state index contributed by atoms with van der Waals surface area (Å²) >= 11 is 0. The average Bonchev–Trinajstić information content (AvgIpc) is 3.38. The van der Waals surface area contributed by atoms with Crippen molar-refractivity contribution in [3.8, 4) is 16.9 Å². The second kappa shape index (κ2) is 12.8. The lowest BCUT2D eigenvalue weighted by Crippen LogP contribution is -2.41. The standard InChI is InChI=1S/C27H34F2N2O2.CH3NO/c1-27(2,29)19-30-15-11-20(12-16-30)18-33-23-8-5-21(6-9-23)22-7-10-24(25(28)17-22)26(32)31-13-3-4-14-31;2-1-3/h5-10,17,20H,3-4,11-16,18-19H2,1-2H3;1H,(H2,2,3). The molecule has 0 aromatic heterocycles. The first-order valence-electron chi connectivity index (χ1n) is 12.6.